The minimum Gasteiger partial charge on any atom is -0.267 e. The van der Waals surface area contributed by atoms with E-state index >= 15 is 0 Å². The van der Waals surface area contributed by atoms with Crippen LogP contribution in [0.3, 0.4) is 0 Å². The zero-order valence-electron chi connectivity index (χ0n) is 13.1. The maximum absolute atomic E-state index is 13.2. The van der Waals surface area contributed by atoms with Crippen LogP contribution in [-0.2, 0) is 0 Å². The zero-order chi connectivity index (χ0) is 17.0. The summed E-state index contributed by atoms with van der Waals surface area (Å²) in [7, 11) is 0. The largest absolute Gasteiger partial charge is 0.281 e. The van der Waals surface area contributed by atoms with Crippen molar-refractivity contribution in [3.05, 3.63) is 88.2 Å². The predicted molar refractivity (Wildman–Crippen MR) is 101 cm³/mol. The highest BCUT2D eigenvalue weighted by molar-refractivity contribution is 6.31. The van der Waals surface area contributed by atoms with Crippen molar-refractivity contribution in [1.29, 1.82) is 0 Å². The Hall–Kier alpha value is -3.11. The van der Waals surface area contributed by atoms with Gasteiger partial charge in [0, 0.05) is 10.4 Å². The maximum Gasteiger partial charge on any atom is 0.281 e. The molecule has 2 aromatic heterocycles. The summed E-state index contributed by atoms with van der Waals surface area (Å²) in [5, 5.41) is 2.03. The molecule has 3 aromatic carbocycles. The van der Waals surface area contributed by atoms with E-state index in [1.807, 2.05) is 59.3 Å². The van der Waals surface area contributed by atoms with Crippen molar-refractivity contribution >= 4 is 39.1 Å². The van der Waals surface area contributed by atoms with E-state index in [0.29, 0.717) is 21.6 Å². The average molecular weight is 346 g/mol. The van der Waals surface area contributed by atoms with E-state index in [1.54, 1.807) is 22.7 Å². The quantitative estimate of drug-likeness (QED) is 0.450. The van der Waals surface area contributed by atoms with Gasteiger partial charge in [-0.15, -0.1) is 0 Å². The molecule has 5 heteroatoms. The van der Waals surface area contributed by atoms with Crippen molar-refractivity contribution < 1.29 is 0 Å². The maximum atomic E-state index is 13.2. The third kappa shape index (κ3) is 2.01. The summed E-state index contributed by atoms with van der Waals surface area (Å²) in [6, 6.07) is 22.9. The van der Waals surface area contributed by atoms with Crippen LogP contribution in [0.5, 0.6) is 0 Å². The number of benzene rings is 3. The Morgan fingerprint density at radius 3 is 2.44 bits per heavy atom. The minimum atomic E-state index is -0.114. The van der Waals surface area contributed by atoms with Gasteiger partial charge >= 0.3 is 0 Å². The summed E-state index contributed by atoms with van der Waals surface area (Å²) in [6.45, 7) is 0. The van der Waals surface area contributed by atoms with Gasteiger partial charge in [-0.2, -0.15) is 4.52 Å². The van der Waals surface area contributed by atoms with Gasteiger partial charge in [0.25, 0.3) is 5.56 Å². The van der Waals surface area contributed by atoms with Gasteiger partial charge in [0.05, 0.1) is 22.1 Å². The first-order valence-corrected chi connectivity index (χ1v) is 8.29. The van der Waals surface area contributed by atoms with Crippen molar-refractivity contribution in [2.24, 2.45) is 0 Å². The van der Waals surface area contributed by atoms with E-state index in [9.17, 15) is 4.79 Å². The van der Waals surface area contributed by atoms with Crippen molar-refractivity contribution in [1.82, 2.24) is 14.2 Å². The fraction of sp³-hybridized carbons (Fsp3) is 0. The van der Waals surface area contributed by atoms with E-state index in [-0.39, 0.29) is 5.56 Å². The van der Waals surface area contributed by atoms with E-state index in [1.165, 1.54) is 0 Å². The number of hydrogen-bond donors (Lipinski definition) is 0. The van der Waals surface area contributed by atoms with Crippen LogP contribution in [0.2, 0.25) is 5.02 Å². The van der Waals surface area contributed by atoms with E-state index < -0.39 is 0 Å². The van der Waals surface area contributed by atoms with Crippen LogP contribution in [0, 0.1) is 0 Å². The molecule has 120 valence electrons. The summed E-state index contributed by atoms with van der Waals surface area (Å²) >= 11 is 6.09. The Bertz CT molecular complexity index is 1320. The van der Waals surface area contributed by atoms with Crippen LogP contribution in [-0.4, -0.2) is 14.2 Å². The lowest BCUT2D eigenvalue weighted by molar-refractivity contribution is 0.794. The third-order valence-electron chi connectivity index (χ3n) is 4.38. The molecule has 0 saturated heterocycles. The molecule has 0 bridgehead atoms. The molecule has 0 amide bonds. The fourth-order valence-electron chi connectivity index (χ4n) is 3.29. The van der Waals surface area contributed by atoms with Gasteiger partial charge in [-0.25, -0.2) is 9.67 Å². The average Bonchev–Trinajstić information content (AvgIpc) is 2.97. The van der Waals surface area contributed by atoms with Crippen molar-refractivity contribution in [2.45, 2.75) is 0 Å². The fourth-order valence-corrected chi connectivity index (χ4v) is 3.45. The highest BCUT2D eigenvalue weighted by Gasteiger charge is 2.16. The molecule has 0 spiro atoms. The first kappa shape index (κ1) is 14.3. The number of fused-ring (bicyclic) bond motifs is 4. The zero-order valence-corrected chi connectivity index (χ0v) is 13.8. The molecule has 0 fully saturated rings. The van der Waals surface area contributed by atoms with Crippen molar-refractivity contribution in [3.63, 3.8) is 0 Å². The van der Waals surface area contributed by atoms with Gasteiger partial charge in [-0.1, -0.05) is 41.9 Å². The molecule has 5 aromatic rings. The first-order valence-electron chi connectivity index (χ1n) is 7.91. The second-order valence-electron chi connectivity index (χ2n) is 5.88. The first-order chi connectivity index (χ1) is 12.2. The van der Waals surface area contributed by atoms with Crippen molar-refractivity contribution in [3.8, 4) is 5.69 Å². The van der Waals surface area contributed by atoms with E-state index in [0.717, 1.165) is 16.6 Å². The summed E-state index contributed by atoms with van der Waals surface area (Å²) in [5.41, 5.74) is 2.95. The van der Waals surface area contributed by atoms with Crippen LogP contribution in [0.1, 0.15) is 0 Å². The summed E-state index contributed by atoms with van der Waals surface area (Å²) in [5.74, 6) is 0. The predicted octanol–water partition coefficient (Wildman–Crippen LogP) is 4.45. The Morgan fingerprint density at radius 2 is 1.60 bits per heavy atom. The molecule has 0 atom stereocenters. The second-order valence-corrected chi connectivity index (χ2v) is 6.31. The summed E-state index contributed by atoms with van der Waals surface area (Å²) in [4.78, 5) is 18.0. The van der Waals surface area contributed by atoms with Gasteiger partial charge < -0.3 is 0 Å². The number of rotatable bonds is 1. The van der Waals surface area contributed by atoms with Gasteiger partial charge in [0.1, 0.15) is 0 Å². The van der Waals surface area contributed by atoms with Crippen LogP contribution < -0.4 is 5.56 Å². The molecular formula is C20H12ClN3O. The lowest BCUT2D eigenvalue weighted by atomic mass is 10.2. The van der Waals surface area contributed by atoms with Crippen LogP contribution in [0.4, 0.5) is 0 Å². The highest BCUT2D eigenvalue weighted by atomic mass is 35.5. The van der Waals surface area contributed by atoms with Gasteiger partial charge in [-0.05, 0) is 42.5 Å². The van der Waals surface area contributed by atoms with Gasteiger partial charge in [-0.3, -0.25) is 4.79 Å². The van der Waals surface area contributed by atoms with E-state index in [4.69, 9.17) is 16.6 Å². The monoisotopic (exact) mass is 345 g/mol. The van der Waals surface area contributed by atoms with E-state index in [2.05, 4.69) is 0 Å². The van der Waals surface area contributed by atoms with Gasteiger partial charge in [0.15, 0.2) is 5.65 Å². The number of halogens is 1. The molecule has 2 heterocycles. The smallest absolute Gasteiger partial charge is 0.267 e. The topological polar surface area (TPSA) is 39.3 Å². The molecule has 0 radical (unpaired) electrons. The molecule has 0 unspecified atom stereocenters. The summed E-state index contributed by atoms with van der Waals surface area (Å²) < 4.78 is 3.55. The molecule has 4 nitrogen and oxygen atoms in total. The van der Waals surface area contributed by atoms with Crippen LogP contribution in [0.15, 0.2) is 77.6 Å². The number of para-hydroxylation sites is 2. The molecule has 25 heavy (non-hydrogen) atoms. The molecule has 0 aliphatic heterocycles. The van der Waals surface area contributed by atoms with Gasteiger partial charge in [0.2, 0.25) is 0 Å². The molecule has 0 saturated carbocycles. The number of aromatic nitrogens is 3. The number of nitrogens with zero attached hydrogens (tertiary/aromatic N) is 3. The molecular weight excluding hydrogens is 334 g/mol. The Labute approximate surface area is 147 Å². The summed E-state index contributed by atoms with van der Waals surface area (Å²) in [6.07, 6.45) is 0. The standard InChI is InChI=1S/C20H12ClN3O/c21-13-10-11-15-17(12-13)22-19-16-8-4-5-9-18(16)23(24(19)20(15)25)14-6-2-1-3-7-14/h1-12H. The third-order valence-corrected chi connectivity index (χ3v) is 4.62. The molecule has 0 aliphatic carbocycles. The Balaban J connectivity index is 2.08. The molecule has 0 N–H and O–H groups in total. The second kappa shape index (κ2) is 5.19. The highest BCUT2D eigenvalue weighted by Crippen LogP contribution is 2.25. The van der Waals surface area contributed by atoms with Crippen molar-refractivity contribution in [2.75, 3.05) is 0 Å². The SMILES string of the molecule is O=c1c2ccc(Cl)cc2nc2c3ccccc3n(-c3ccccc3)n12. The molecule has 0 aliphatic rings. The minimum absolute atomic E-state index is 0.114. The van der Waals surface area contributed by atoms with Crippen LogP contribution in [0.25, 0.3) is 33.1 Å². The normalized spacial score (nSPS) is 11.6. The lowest BCUT2D eigenvalue weighted by Crippen LogP contribution is -2.20. The molecule has 5 rings (SSSR count). The Morgan fingerprint density at radius 1 is 0.840 bits per heavy atom. The Kier molecular flexibility index (Phi) is 2.96. The van der Waals surface area contributed by atoms with Crippen LogP contribution >= 0.6 is 11.6 Å². The number of hydrogen-bond acceptors (Lipinski definition) is 2. The lowest BCUT2D eigenvalue weighted by Gasteiger charge is -2.08.